The monoisotopic (exact) mass is 195 g/mol. The average Bonchev–Trinajstić information content (AvgIpc) is 2.17. The summed E-state index contributed by atoms with van der Waals surface area (Å²) in [5, 5.41) is 0. The maximum atomic E-state index is 10.6. The predicted molar refractivity (Wildman–Crippen MR) is 55.7 cm³/mol. The molecule has 0 unspecified atom stereocenters. The molecule has 1 heterocycles. The van der Waals surface area contributed by atoms with Crippen LogP contribution in [0, 0.1) is 4.64 Å². The predicted octanol–water partition coefficient (Wildman–Crippen LogP) is 3.00. The fourth-order valence-electron chi connectivity index (χ4n) is 1.16. The van der Waals surface area contributed by atoms with Crippen molar-refractivity contribution in [1.29, 1.82) is 0 Å². The molecule has 0 radical (unpaired) electrons. The van der Waals surface area contributed by atoms with Gasteiger partial charge >= 0.3 is 0 Å². The van der Waals surface area contributed by atoms with E-state index in [1.807, 2.05) is 16.8 Å². The molecule has 1 rings (SSSR count). The molecule has 0 aliphatic rings. The average molecular weight is 195 g/mol. The van der Waals surface area contributed by atoms with Crippen LogP contribution in [0.25, 0.3) is 0 Å². The smallest absolute Gasteiger partial charge is 0.153 e. The standard InChI is InChI=1S/C10H13NOS/c1-3-8(2)11-6-4-5-9(7-12)10(11)13/h4-8H,3H2,1-2H3/t8-/m1/s1. The van der Waals surface area contributed by atoms with Gasteiger partial charge in [0.05, 0.1) is 0 Å². The van der Waals surface area contributed by atoms with E-state index < -0.39 is 0 Å². The van der Waals surface area contributed by atoms with Gasteiger partial charge in [0, 0.05) is 17.8 Å². The van der Waals surface area contributed by atoms with E-state index in [4.69, 9.17) is 12.2 Å². The Morgan fingerprint density at radius 3 is 2.92 bits per heavy atom. The molecule has 0 spiro atoms. The topological polar surface area (TPSA) is 22.0 Å². The molecule has 1 atom stereocenters. The number of carbonyl (C=O) groups is 1. The van der Waals surface area contributed by atoms with Gasteiger partial charge in [0.15, 0.2) is 6.29 Å². The van der Waals surface area contributed by atoms with Gasteiger partial charge in [-0.1, -0.05) is 19.1 Å². The molecule has 0 aliphatic heterocycles. The Balaban J connectivity index is 3.23. The molecule has 70 valence electrons. The van der Waals surface area contributed by atoms with Crippen LogP contribution in [0.3, 0.4) is 0 Å². The molecule has 0 saturated heterocycles. The molecule has 2 nitrogen and oxygen atoms in total. The van der Waals surface area contributed by atoms with Crippen molar-refractivity contribution in [2.75, 3.05) is 0 Å². The molecule has 1 aromatic heterocycles. The Morgan fingerprint density at radius 1 is 1.69 bits per heavy atom. The zero-order valence-corrected chi connectivity index (χ0v) is 8.67. The number of carbonyl (C=O) groups excluding carboxylic acids is 1. The molecule has 3 heteroatoms. The fraction of sp³-hybridized carbons (Fsp3) is 0.400. The summed E-state index contributed by atoms with van der Waals surface area (Å²) in [4.78, 5) is 10.6. The minimum atomic E-state index is 0.354. The Hall–Kier alpha value is -0.960. The minimum Gasteiger partial charge on any atom is -0.336 e. The van der Waals surface area contributed by atoms with E-state index in [0.717, 1.165) is 12.7 Å². The Morgan fingerprint density at radius 2 is 2.38 bits per heavy atom. The molecule has 0 saturated carbocycles. The highest BCUT2D eigenvalue weighted by molar-refractivity contribution is 7.71. The van der Waals surface area contributed by atoms with Crippen LogP contribution in [0.4, 0.5) is 0 Å². The summed E-state index contributed by atoms with van der Waals surface area (Å²) in [7, 11) is 0. The van der Waals surface area contributed by atoms with Crippen LogP contribution in [-0.4, -0.2) is 10.9 Å². The minimum absolute atomic E-state index is 0.354. The van der Waals surface area contributed by atoms with Crippen LogP contribution in [0.2, 0.25) is 0 Å². The maximum absolute atomic E-state index is 10.6. The second-order valence-corrected chi connectivity index (χ2v) is 3.44. The summed E-state index contributed by atoms with van der Waals surface area (Å²) in [5.74, 6) is 0. The molecular formula is C10H13NOS. The van der Waals surface area contributed by atoms with Gasteiger partial charge in [0.2, 0.25) is 0 Å². The third-order valence-electron chi connectivity index (χ3n) is 2.20. The van der Waals surface area contributed by atoms with E-state index >= 15 is 0 Å². The summed E-state index contributed by atoms with van der Waals surface area (Å²) in [6.45, 7) is 4.18. The maximum Gasteiger partial charge on any atom is 0.153 e. The van der Waals surface area contributed by atoms with Crippen molar-refractivity contribution in [2.24, 2.45) is 0 Å². The molecule has 13 heavy (non-hydrogen) atoms. The quantitative estimate of drug-likeness (QED) is 0.546. The van der Waals surface area contributed by atoms with E-state index in [1.165, 1.54) is 0 Å². The zero-order chi connectivity index (χ0) is 9.84. The fourth-order valence-corrected chi connectivity index (χ4v) is 1.52. The van der Waals surface area contributed by atoms with Crippen molar-refractivity contribution in [3.8, 4) is 0 Å². The molecule has 0 fully saturated rings. The number of aromatic nitrogens is 1. The largest absolute Gasteiger partial charge is 0.336 e. The Labute approximate surface area is 83.2 Å². The highest BCUT2D eigenvalue weighted by Crippen LogP contribution is 2.12. The van der Waals surface area contributed by atoms with Gasteiger partial charge in [-0.2, -0.15) is 0 Å². The van der Waals surface area contributed by atoms with Crippen LogP contribution >= 0.6 is 12.2 Å². The summed E-state index contributed by atoms with van der Waals surface area (Å²) in [5.41, 5.74) is 0.595. The Bertz CT molecular complexity index is 356. The van der Waals surface area contributed by atoms with Crippen molar-refractivity contribution in [2.45, 2.75) is 26.3 Å². The van der Waals surface area contributed by atoms with Gasteiger partial charge in [-0.05, 0) is 25.5 Å². The Kier molecular flexibility index (Phi) is 3.37. The number of hydrogen-bond acceptors (Lipinski definition) is 2. The number of rotatable bonds is 3. The second-order valence-electron chi connectivity index (χ2n) is 3.05. The SMILES string of the molecule is CC[C@@H](C)n1cccc(C=O)c1=S. The first-order valence-corrected chi connectivity index (χ1v) is 4.77. The molecule has 0 amide bonds. The molecule has 0 aromatic carbocycles. The van der Waals surface area contributed by atoms with E-state index in [2.05, 4.69) is 13.8 Å². The number of pyridine rings is 1. The van der Waals surface area contributed by atoms with E-state index in [1.54, 1.807) is 6.07 Å². The van der Waals surface area contributed by atoms with Crippen LogP contribution in [0.15, 0.2) is 18.3 Å². The zero-order valence-electron chi connectivity index (χ0n) is 7.86. The summed E-state index contributed by atoms with van der Waals surface area (Å²) in [6.07, 6.45) is 3.74. The molecule has 1 aromatic rings. The van der Waals surface area contributed by atoms with E-state index in [-0.39, 0.29) is 0 Å². The molecular weight excluding hydrogens is 182 g/mol. The second kappa shape index (κ2) is 4.33. The normalized spacial score (nSPS) is 12.5. The van der Waals surface area contributed by atoms with Crippen LogP contribution < -0.4 is 0 Å². The van der Waals surface area contributed by atoms with Crippen molar-refractivity contribution in [3.05, 3.63) is 28.5 Å². The van der Waals surface area contributed by atoms with Gasteiger partial charge in [-0.15, -0.1) is 0 Å². The lowest BCUT2D eigenvalue weighted by Gasteiger charge is -2.14. The first kappa shape index (κ1) is 10.1. The third-order valence-corrected chi connectivity index (χ3v) is 2.64. The first-order chi connectivity index (χ1) is 6.20. The third kappa shape index (κ3) is 2.04. The summed E-state index contributed by atoms with van der Waals surface area (Å²) < 4.78 is 2.59. The summed E-state index contributed by atoms with van der Waals surface area (Å²) >= 11 is 5.17. The van der Waals surface area contributed by atoms with Crippen LogP contribution in [-0.2, 0) is 0 Å². The number of hydrogen-bond donors (Lipinski definition) is 0. The highest BCUT2D eigenvalue weighted by atomic mass is 32.1. The van der Waals surface area contributed by atoms with Gasteiger partial charge in [-0.25, -0.2) is 0 Å². The van der Waals surface area contributed by atoms with Crippen molar-refractivity contribution >= 4 is 18.5 Å². The molecule has 0 aliphatic carbocycles. The van der Waals surface area contributed by atoms with Gasteiger partial charge in [0.25, 0.3) is 0 Å². The van der Waals surface area contributed by atoms with Crippen molar-refractivity contribution in [1.82, 2.24) is 4.57 Å². The highest BCUT2D eigenvalue weighted by Gasteiger charge is 2.03. The molecule has 0 N–H and O–H groups in total. The van der Waals surface area contributed by atoms with Gasteiger partial charge in [-0.3, -0.25) is 4.79 Å². The van der Waals surface area contributed by atoms with E-state index in [9.17, 15) is 4.79 Å². The lowest BCUT2D eigenvalue weighted by Crippen LogP contribution is -2.06. The van der Waals surface area contributed by atoms with Crippen LogP contribution in [0.1, 0.15) is 36.7 Å². The lowest BCUT2D eigenvalue weighted by atomic mass is 10.2. The van der Waals surface area contributed by atoms with Crippen molar-refractivity contribution in [3.63, 3.8) is 0 Å². The van der Waals surface area contributed by atoms with Crippen LogP contribution in [0.5, 0.6) is 0 Å². The van der Waals surface area contributed by atoms with Gasteiger partial charge < -0.3 is 4.57 Å². The summed E-state index contributed by atoms with van der Waals surface area (Å²) in [6, 6.07) is 3.95. The van der Waals surface area contributed by atoms with Crippen molar-refractivity contribution < 1.29 is 4.79 Å². The number of nitrogens with zero attached hydrogens (tertiary/aromatic N) is 1. The lowest BCUT2D eigenvalue weighted by molar-refractivity contribution is 0.112. The molecule has 0 bridgehead atoms. The first-order valence-electron chi connectivity index (χ1n) is 4.37. The van der Waals surface area contributed by atoms with E-state index in [0.29, 0.717) is 16.2 Å². The van der Waals surface area contributed by atoms with Gasteiger partial charge in [0.1, 0.15) is 4.64 Å². The number of aldehydes is 1.